The second kappa shape index (κ2) is 8.31. The molecule has 0 unspecified atom stereocenters. The van der Waals surface area contributed by atoms with E-state index in [9.17, 15) is 9.59 Å². The summed E-state index contributed by atoms with van der Waals surface area (Å²) in [5, 5.41) is 0.565. The van der Waals surface area contributed by atoms with E-state index in [1.165, 1.54) is 4.90 Å². The van der Waals surface area contributed by atoms with E-state index in [0.29, 0.717) is 22.2 Å². The highest BCUT2D eigenvalue weighted by Gasteiger charge is 2.38. The zero-order valence-electron chi connectivity index (χ0n) is 15.9. The van der Waals surface area contributed by atoms with Gasteiger partial charge in [-0.3, -0.25) is 9.69 Å². The fourth-order valence-corrected chi connectivity index (χ4v) is 3.21. The van der Waals surface area contributed by atoms with Crippen molar-refractivity contribution in [3.8, 4) is 5.75 Å². The Morgan fingerprint density at radius 3 is 2.54 bits per heavy atom. The van der Waals surface area contributed by atoms with Gasteiger partial charge in [0.1, 0.15) is 5.75 Å². The third-order valence-electron chi connectivity index (χ3n) is 4.37. The summed E-state index contributed by atoms with van der Waals surface area (Å²) in [6.07, 6.45) is 1.68. The first-order chi connectivity index (χ1) is 13.5. The van der Waals surface area contributed by atoms with Crippen molar-refractivity contribution < 1.29 is 19.1 Å². The number of rotatable bonds is 5. The molecule has 144 valence electrons. The highest BCUT2D eigenvalue weighted by Crippen LogP contribution is 2.36. The number of allylic oxidation sites excluding steroid dienone is 1. The van der Waals surface area contributed by atoms with E-state index >= 15 is 0 Å². The second-order valence-corrected chi connectivity index (χ2v) is 6.57. The molecule has 5 nitrogen and oxygen atoms in total. The highest BCUT2D eigenvalue weighted by molar-refractivity contribution is 6.30. The topological polar surface area (TPSA) is 55.8 Å². The Bertz CT molecular complexity index is 976. The summed E-state index contributed by atoms with van der Waals surface area (Å²) in [4.78, 5) is 27.3. The number of nitrogens with zero attached hydrogens (tertiary/aromatic N) is 1. The number of benzene rings is 2. The molecule has 0 bridgehead atoms. The zero-order valence-corrected chi connectivity index (χ0v) is 16.6. The van der Waals surface area contributed by atoms with Gasteiger partial charge in [-0.05, 0) is 61.9 Å². The molecule has 0 saturated heterocycles. The van der Waals surface area contributed by atoms with Crippen LogP contribution in [0.15, 0.2) is 65.4 Å². The number of carbonyl (C=O) groups is 2. The average molecular weight is 398 g/mol. The van der Waals surface area contributed by atoms with Crippen molar-refractivity contribution in [3.63, 3.8) is 0 Å². The molecule has 0 aliphatic carbocycles. The lowest BCUT2D eigenvalue weighted by atomic mass is 10.0. The molecular formula is C22H20ClNO4. The molecule has 1 aliphatic heterocycles. The Hall–Kier alpha value is -3.05. The van der Waals surface area contributed by atoms with Crippen molar-refractivity contribution in [1.82, 2.24) is 0 Å². The van der Waals surface area contributed by atoms with E-state index in [2.05, 4.69) is 0 Å². The van der Waals surface area contributed by atoms with E-state index in [0.717, 1.165) is 5.56 Å². The van der Waals surface area contributed by atoms with Gasteiger partial charge in [-0.25, -0.2) is 4.79 Å². The summed E-state index contributed by atoms with van der Waals surface area (Å²) < 4.78 is 10.4. The van der Waals surface area contributed by atoms with Gasteiger partial charge in [-0.1, -0.05) is 23.7 Å². The van der Waals surface area contributed by atoms with E-state index in [-0.39, 0.29) is 23.7 Å². The van der Waals surface area contributed by atoms with Gasteiger partial charge in [0.2, 0.25) is 0 Å². The number of ether oxygens (including phenoxy) is 2. The van der Waals surface area contributed by atoms with Crippen LogP contribution in [0, 0.1) is 0 Å². The number of amides is 1. The molecule has 0 aromatic heterocycles. The van der Waals surface area contributed by atoms with E-state index in [1.54, 1.807) is 57.4 Å². The van der Waals surface area contributed by atoms with E-state index in [4.69, 9.17) is 21.1 Å². The first-order valence-corrected chi connectivity index (χ1v) is 9.18. The van der Waals surface area contributed by atoms with Crippen LogP contribution in [0.4, 0.5) is 5.69 Å². The minimum absolute atomic E-state index is 0.219. The van der Waals surface area contributed by atoms with Crippen molar-refractivity contribution >= 4 is 35.2 Å². The largest absolute Gasteiger partial charge is 0.497 e. The molecule has 6 heteroatoms. The first kappa shape index (κ1) is 19.7. The number of carbonyl (C=O) groups excluding carboxylic acids is 2. The fourth-order valence-electron chi connectivity index (χ4n) is 3.08. The molecule has 0 spiro atoms. The van der Waals surface area contributed by atoms with Gasteiger partial charge < -0.3 is 9.47 Å². The molecule has 3 rings (SSSR count). The third kappa shape index (κ3) is 3.80. The van der Waals surface area contributed by atoms with E-state index in [1.807, 2.05) is 18.2 Å². The molecule has 1 amide bonds. The molecule has 1 heterocycles. The van der Waals surface area contributed by atoms with Crippen LogP contribution in [0.5, 0.6) is 5.75 Å². The van der Waals surface area contributed by atoms with Crippen LogP contribution < -0.4 is 9.64 Å². The summed E-state index contributed by atoms with van der Waals surface area (Å²) in [7, 11) is 1.57. The molecule has 0 saturated carbocycles. The van der Waals surface area contributed by atoms with Gasteiger partial charge in [0, 0.05) is 16.4 Å². The number of hydrogen-bond donors (Lipinski definition) is 0. The van der Waals surface area contributed by atoms with E-state index < -0.39 is 5.97 Å². The number of esters is 1. The summed E-state index contributed by atoms with van der Waals surface area (Å²) in [5.74, 6) is -0.169. The molecule has 28 heavy (non-hydrogen) atoms. The number of anilines is 1. The van der Waals surface area contributed by atoms with Gasteiger partial charge in [0.05, 0.1) is 24.9 Å². The predicted molar refractivity (Wildman–Crippen MR) is 109 cm³/mol. The van der Waals surface area contributed by atoms with Gasteiger partial charge in [0.25, 0.3) is 5.91 Å². The molecule has 0 N–H and O–H groups in total. The smallest absolute Gasteiger partial charge is 0.340 e. The van der Waals surface area contributed by atoms with Crippen molar-refractivity contribution in [2.45, 2.75) is 13.8 Å². The number of hydrogen-bond acceptors (Lipinski definition) is 4. The predicted octanol–water partition coefficient (Wildman–Crippen LogP) is 4.62. The molecule has 1 aliphatic rings. The lowest BCUT2D eigenvalue weighted by Crippen LogP contribution is -2.24. The van der Waals surface area contributed by atoms with Crippen LogP contribution in [-0.4, -0.2) is 25.6 Å². The van der Waals surface area contributed by atoms with Crippen LogP contribution in [0.1, 0.15) is 19.4 Å². The van der Waals surface area contributed by atoms with Gasteiger partial charge in [-0.15, -0.1) is 0 Å². The molecule has 2 aromatic rings. The van der Waals surface area contributed by atoms with Crippen LogP contribution in [0.3, 0.4) is 0 Å². The normalized spacial score (nSPS) is 15.4. The van der Waals surface area contributed by atoms with Gasteiger partial charge in [0.15, 0.2) is 0 Å². The fraction of sp³-hybridized carbons (Fsp3) is 0.182. The highest BCUT2D eigenvalue weighted by atomic mass is 35.5. The quantitative estimate of drug-likeness (QED) is 0.545. The molecule has 0 fully saturated rings. The SMILES string of the molecule is CCOC(=O)C1=C(C)N(c2ccc(Cl)cc2)C(=O)/C1=C\c1cccc(OC)c1. The summed E-state index contributed by atoms with van der Waals surface area (Å²) in [6, 6.07) is 14.1. The van der Waals surface area contributed by atoms with Crippen molar-refractivity contribution in [2.75, 3.05) is 18.6 Å². The Morgan fingerprint density at radius 2 is 1.89 bits per heavy atom. The minimum Gasteiger partial charge on any atom is -0.497 e. The average Bonchev–Trinajstić information content (AvgIpc) is 2.93. The summed E-state index contributed by atoms with van der Waals surface area (Å²) in [6.45, 7) is 3.68. The maximum Gasteiger partial charge on any atom is 0.340 e. The molecule has 2 aromatic carbocycles. The zero-order chi connectivity index (χ0) is 20.3. The standard InChI is InChI=1S/C22H20ClNO4/c1-4-28-22(26)20-14(2)24(17-10-8-16(23)9-11-17)21(25)19(20)13-15-6-5-7-18(12-15)27-3/h5-13H,4H2,1-3H3/b19-13-. The van der Waals surface area contributed by atoms with Gasteiger partial charge >= 0.3 is 5.97 Å². The van der Waals surface area contributed by atoms with Crippen molar-refractivity contribution in [3.05, 3.63) is 76.0 Å². The maximum absolute atomic E-state index is 13.2. The Labute approximate surface area is 168 Å². The minimum atomic E-state index is -0.529. The lowest BCUT2D eigenvalue weighted by molar-refractivity contribution is -0.138. The van der Waals surface area contributed by atoms with Crippen molar-refractivity contribution in [2.24, 2.45) is 0 Å². The van der Waals surface area contributed by atoms with Crippen LogP contribution in [-0.2, 0) is 14.3 Å². The third-order valence-corrected chi connectivity index (χ3v) is 4.62. The summed E-state index contributed by atoms with van der Waals surface area (Å²) in [5.41, 5.74) is 2.42. The Morgan fingerprint density at radius 1 is 1.18 bits per heavy atom. The lowest BCUT2D eigenvalue weighted by Gasteiger charge is -2.18. The maximum atomic E-state index is 13.2. The molecule has 0 atom stereocenters. The Kier molecular flexibility index (Phi) is 5.85. The van der Waals surface area contributed by atoms with Gasteiger partial charge in [-0.2, -0.15) is 0 Å². The molecule has 0 radical (unpaired) electrons. The summed E-state index contributed by atoms with van der Waals surface area (Å²) >= 11 is 5.96. The first-order valence-electron chi connectivity index (χ1n) is 8.80. The molecular weight excluding hydrogens is 378 g/mol. The second-order valence-electron chi connectivity index (χ2n) is 6.13. The number of methoxy groups -OCH3 is 1. The van der Waals surface area contributed by atoms with Crippen LogP contribution in [0.2, 0.25) is 5.02 Å². The monoisotopic (exact) mass is 397 g/mol. The van der Waals surface area contributed by atoms with Crippen LogP contribution >= 0.6 is 11.6 Å². The Balaban J connectivity index is 2.11. The van der Waals surface area contributed by atoms with Crippen LogP contribution in [0.25, 0.3) is 6.08 Å². The number of halogens is 1. The van der Waals surface area contributed by atoms with Crippen molar-refractivity contribution in [1.29, 1.82) is 0 Å².